The molecule has 0 fully saturated rings. The van der Waals surface area contributed by atoms with Crippen molar-refractivity contribution in [2.75, 3.05) is 0 Å². The van der Waals surface area contributed by atoms with Crippen LogP contribution in [0.3, 0.4) is 0 Å². The molecule has 0 aliphatic carbocycles. The van der Waals surface area contributed by atoms with Gasteiger partial charge in [-0.05, 0) is 24.3 Å². The monoisotopic (exact) mass is 303 g/mol. The molecule has 0 saturated heterocycles. The van der Waals surface area contributed by atoms with Crippen molar-refractivity contribution in [3.63, 3.8) is 0 Å². The Kier molecular flexibility index (Phi) is 3.15. The van der Waals surface area contributed by atoms with E-state index < -0.39 is 0 Å². The van der Waals surface area contributed by atoms with Crippen molar-refractivity contribution >= 4 is 10.9 Å². The summed E-state index contributed by atoms with van der Waals surface area (Å²) in [6.45, 7) is 0. The average Bonchev–Trinajstić information content (AvgIpc) is 2.98. The summed E-state index contributed by atoms with van der Waals surface area (Å²) in [6.07, 6.45) is 3.63. The molecule has 0 N–H and O–H groups in total. The normalized spacial score (nSPS) is 11.0. The maximum absolute atomic E-state index is 14.0. The van der Waals surface area contributed by atoms with Crippen LogP contribution < -0.4 is 0 Å². The third-order valence-corrected chi connectivity index (χ3v) is 3.88. The van der Waals surface area contributed by atoms with Crippen LogP contribution in [-0.4, -0.2) is 14.8 Å². The molecule has 23 heavy (non-hydrogen) atoms. The van der Waals surface area contributed by atoms with Crippen LogP contribution in [-0.2, 0) is 7.05 Å². The first-order valence-corrected chi connectivity index (χ1v) is 7.37. The first-order chi connectivity index (χ1) is 11.2. The molecule has 4 heteroatoms. The smallest absolute Gasteiger partial charge is 0.132 e. The van der Waals surface area contributed by atoms with E-state index >= 15 is 0 Å². The van der Waals surface area contributed by atoms with Crippen molar-refractivity contribution < 1.29 is 4.39 Å². The van der Waals surface area contributed by atoms with Gasteiger partial charge in [0.2, 0.25) is 0 Å². The van der Waals surface area contributed by atoms with Crippen LogP contribution in [0, 0.1) is 5.82 Å². The molecule has 0 radical (unpaired) electrons. The number of nitrogens with zero attached hydrogens (tertiary/aromatic N) is 3. The Hall–Kier alpha value is -3.01. The molecule has 2 aromatic carbocycles. The zero-order valence-electron chi connectivity index (χ0n) is 12.6. The molecule has 0 amide bonds. The summed E-state index contributed by atoms with van der Waals surface area (Å²) in [4.78, 5) is 4.39. The number of halogens is 1. The third-order valence-electron chi connectivity index (χ3n) is 3.88. The summed E-state index contributed by atoms with van der Waals surface area (Å²) < 4.78 is 15.8. The van der Waals surface area contributed by atoms with Gasteiger partial charge in [-0.2, -0.15) is 5.10 Å². The van der Waals surface area contributed by atoms with Gasteiger partial charge in [0.15, 0.2) is 0 Å². The highest BCUT2D eigenvalue weighted by Crippen LogP contribution is 2.35. The van der Waals surface area contributed by atoms with E-state index in [1.165, 1.54) is 6.07 Å². The number of aryl methyl sites for hydroxylation is 1. The SMILES string of the molecule is Cn1cc(-c2ccc(F)c3cccnc23)c(-c2ccccc2)n1. The van der Waals surface area contributed by atoms with E-state index in [-0.39, 0.29) is 5.82 Å². The Labute approximate surface area is 133 Å². The summed E-state index contributed by atoms with van der Waals surface area (Å²) in [5.41, 5.74) is 4.37. The van der Waals surface area contributed by atoms with Crippen LogP contribution >= 0.6 is 0 Å². The molecular weight excluding hydrogens is 289 g/mol. The number of hydrogen-bond donors (Lipinski definition) is 0. The van der Waals surface area contributed by atoms with Crippen molar-refractivity contribution in [3.05, 3.63) is 72.8 Å². The maximum atomic E-state index is 14.0. The van der Waals surface area contributed by atoms with Gasteiger partial charge in [0, 0.05) is 41.5 Å². The second kappa shape index (κ2) is 5.32. The molecule has 0 atom stereocenters. The molecular formula is C19H14FN3. The van der Waals surface area contributed by atoms with Crippen LogP contribution in [0.4, 0.5) is 4.39 Å². The van der Waals surface area contributed by atoms with Gasteiger partial charge in [-0.1, -0.05) is 30.3 Å². The number of rotatable bonds is 2. The van der Waals surface area contributed by atoms with E-state index in [1.807, 2.05) is 43.6 Å². The highest BCUT2D eigenvalue weighted by molar-refractivity contribution is 5.97. The van der Waals surface area contributed by atoms with Crippen molar-refractivity contribution in [3.8, 4) is 22.4 Å². The van der Waals surface area contributed by atoms with Crippen LogP contribution in [0.2, 0.25) is 0 Å². The summed E-state index contributed by atoms with van der Waals surface area (Å²) >= 11 is 0. The van der Waals surface area contributed by atoms with Gasteiger partial charge in [0.25, 0.3) is 0 Å². The van der Waals surface area contributed by atoms with Gasteiger partial charge in [-0.25, -0.2) is 4.39 Å². The van der Waals surface area contributed by atoms with Gasteiger partial charge in [-0.3, -0.25) is 9.67 Å². The number of benzene rings is 2. The molecule has 0 aliphatic rings. The van der Waals surface area contributed by atoms with Gasteiger partial charge in [-0.15, -0.1) is 0 Å². The fourth-order valence-electron chi connectivity index (χ4n) is 2.85. The molecule has 2 aromatic heterocycles. The number of aromatic nitrogens is 3. The minimum absolute atomic E-state index is 0.262. The number of hydrogen-bond acceptors (Lipinski definition) is 2. The zero-order valence-corrected chi connectivity index (χ0v) is 12.6. The molecule has 2 heterocycles. The quantitative estimate of drug-likeness (QED) is 0.548. The van der Waals surface area contributed by atoms with E-state index in [1.54, 1.807) is 29.1 Å². The molecule has 0 aliphatic heterocycles. The summed E-state index contributed by atoms with van der Waals surface area (Å²) in [6, 6.07) is 16.7. The van der Waals surface area contributed by atoms with Crippen molar-refractivity contribution in [1.82, 2.24) is 14.8 Å². The fourth-order valence-corrected chi connectivity index (χ4v) is 2.85. The van der Waals surface area contributed by atoms with Crippen LogP contribution in [0.15, 0.2) is 67.0 Å². The highest BCUT2D eigenvalue weighted by atomic mass is 19.1. The first kappa shape index (κ1) is 13.6. The number of pyridine rings is 1. The lowest BCUT2D eigenvalue weighted by molar-refractivity contribution is 0.639. The van der Waals surface area contributed by atoms with Crippen LogP contribution in [0.5, 0.6) is 0 Å². The Balaban J connectivity index is 2.02. The van der Waals surface area contributed by atoms with Gasteiger partial charge in [0.05, 0.1) is 5.52 Å². The standard InChI is InChI=1S/C19H14FN3/c1-23-12-16(18(22-23)13-6-3-2-4-7-13)14-9-10-17(20)15-8-5-11-21-19(14)15/h2-12H,1H3. The van der Waals surface area contributed by atoms with Gasteiger partial charge >= 0.3 is 0 Å². The predicted octanol–water partition coefficient (Wildman–Crippen LogP) is 4.44. The van der Waals surface area contributed by atoms with E-state index in [4.69, 9.17) is 0 Å². The minimum Gasteiger partial charge on any atom is -0.275 e. The number of fused-ring (bicyclic) bond motifs is 1. The Bertz CT molecular complexity index is 990. The maximum Gasteiger partial charge on any atom is 0.132 e. The Morgan fingerprint density at radius 2 is 1.74 bits per heavy atom. The Morgan fingerprint density at radius 1 is 0.913 bits per heavy atom. The molecule has 0 saturated carbocycles. The van der Waals surface area contributed by atoms with Crippen molar-refractivity contribution in [2.24, 2.45) is 7.05 Å². The Morgan fingerprint density at radius 3 is 2.57 bits per heavy atom. The molecule has 0 spiro atoms. The average molecular weight is 303 g/mol. The van der Waals surface area contributed by atoms with Crippen molar-refractivity contribution in [1.29, 1.82) is 0 Å². The lowest BCUT2D eigenvalue weighted by Gasteiger charge is -2.07. The fraction of sp³-hybridized carbons (Fsp3) is 0.0526. The summed E-state index contributed by atoms with van der Waals surface area (Å²) in [5, 5.41) is 5.10. The molecule has 4 aromatic rings. The second-order valence-electron chi connectivity index (χ2n) is 5.43. The van der Waals surface area contributed by atoms with Gasteiger partial charge in [0.1, 0.15) is 11.5 Å². The van der Waals surface area contributed by atoms with Gasteiger partial charge < -0.3 is 0 Å². The largest absolute Gasteiger partial charge is 0.275 e. The minimum atomic E-state index is -0.262. The van der Waals surface area contributed by atoms with Crippen LogP contribution in [0.1, 0.15) is 0 Å². The predicted molar refractivity (Wildman–Crippen MR) is 89.3 cm³/mol. The third kappa shape index (κ3) is 2.28. The molecule has 4 rings (SSSR count). The lowest BCUT2D eigenvalue weighted by Crippen LogP contribution is -1.89. The molecule has 0 unspecified atom stereocenters. The van der Waals surface area contributed by atoms with E-state index in [0.29, 0.717) is 10.9 Å². The van der Waals surface area contributed by atoms with Crippen molar-refractivity contribution in [2.45, 2.75) is 0 Å². The van der Waals surface area contributed by atoms with E-state index in [9.17, 15) is 4.39 Å². The topological polar surface area (TPSA) is 30.7 Å². The first-order valence-electron chi connectivity index (χ1n) is 7.37. The van der Waals surface area contributed by atoms with Crippen LogP contribution in [0.25, 0.3) is 33.3 Å². The molecule has 112 valence electrons. The summed E-state index contributed by atoms with van der Waals surface area (Å²) in [7, 11) is 1.88. The lowest BCUT2D eigenvalue weighted by atomic mass is 9.99. The van der Waals surface area contributed by atoms with E-state index in [2.05, 4.69) is 10.1 Å². The molecule has 0 bridgehead atoms. The summed E-state index contributed by atoms with van der Waals surface area (Å²) in [5.74, 6) is -0.262. The highest BCUT2D eigenvalue weighted by Gasteiger charge is 2.16. The zero-order chi connectivity index (χ0) is 15.8. The second-order valence-corrected chi connectivity index (χ2v) is 5.43. The van der Waals surface area contributed by atoms with E-state index in [0.717, 1.165) is 22.4 Å². The molecule has 3 nitrogen and oxygen atoms in total.